The van der Waals surface area contributed by atoms with E-state index in [-0.39, 0.29) is 0 Å². The predicted octanol–water partition coefficient (Wildman–Crippen LogP) is 0.616. The Morgan fingerprint density at radius 2 is 2.43 bits per heavy atom. The molecule has 0 aromatic carbocycles. The Morgan fingerprint density at radius 1 is 1.86 bits per heavy atom. The highest BCUT2D eigenvalue weighted by Crippen LogP contribution is 2.40. The van der Waals surface area contributed by atoms with Gasteiger partial charge in [-0.3, -0.25) is 0 Å². The second-order valence-electron chi connectivity index (χ2n) is 0.848. The van der Waals surface area contributed by atoms with E-state index in [1.807, 2.05) is 22.0 Å². The van der Waals surface area contributed by atoms with Gasteiger partial charge in [0.15, 0.2) is 0 Å². The Hall–Kier alpha value is 1.04. The molecule has 3 nitrogen and oxygen atoms in total. The van der Waals surface area contributed by atoms with E-state index in [2.05, 4.69) is 4.52 Å². The second kappa shape index (κ2) is 5.18. The van der Waals surface area contributed by atoms with Gasteiger partial charge >= 0.3 is 0 Å². The topological polar surface area (TPSA) is 55.5 Å². The summed E-state index contributed by atoms with van der Waals surface area (Å²) in [6, 6.07) is -1.22. The number of halogens is 1. The van der Waals surface area contributed by atoms with Gasteiger partial charge in [0.05, 0.1) is 6.61 Å². The standard InChI is InChI=1S/C2H7INO2P/c3-7(5)6-2-1-4/h5H,1-2,4H2. The Bertz CT molecular complexity index is 44.7. The third kappa shape index (κ3) is 7.04. The fourth-order valence-corrected chi connectivity index (χ4v) is 0.975. The van der Waals surface area contributed by atoms with Crippen molar-refractivity contribution >= 4 is 28.1 Å². The molecule has 0 radical (unpaired) electrons. The minimum absolute atomic E-state index is 0.450. The number of hydrogen-bond acceptors (Lipinski definition) is 3. The third-order valence-corrected chi connectivity index (χ3v) is 1.55. The van der Waals surface area contributed by atoms with Crippen LogP contribution in [-0.2, 0) is 4.52 Å². The molecular formula is C2H7INO2P. The average Bonchev–Trinajstić information content (AvgIpc) is 1.61. The molecule has 7 heavy (non-hydrogen) atoms. The largest absolute Gasteiger partial charge is 0.342 e. The summed E-state index contributed by atoms with van der Waals surface area (Å²) >= 11 is 1.81. The third-order valence-electron chi connectivity index (χ3n) is 0.316. The average molecular weight is 235 g/mol. The monoisotopic (exact) mass is 235 g/mol. The Morgan fingerprint density at radius 3 is 2.57 bits per heavy atom. The molecule has 0 aliphatic heterocycles. The second-order valence-corrected chi connectivity index (χ2v) is 4.04. The molecule has 0 saturated heterocycles. The molecule has 44 valence electrons. The first-order valence-corrected chi connectivity index (χ1v) is 5.75. The SMILES string of the molecule is NCCOP(O)I. The number of rotatable bonds is 3. The molecule has 0 spiro atoms. The van der Waals surface area contributed by atoms with Crippen molar-refractivity contribution in [3.63, 3.8) is 0 Å². The van der Waals surface area contributed by atoms with Crippen LogP contribution in [0.25, 0.3) is 0 Å². The van der Waals surface area contributed by atoms with Crippen LogP contribution in [0.5, 0.6) is 0 Å². The molecule has 0 bridgehead atoms. The zero-order chi connectivity index (χ0) is 5.70. The van der Waals surface area contributed by atoms with Crippen molar-refractivity contribution in [2.45, 2.75) is 0 Å². The Kier molecular flexibility index (Phi) is 5.95. The lowest BCUT2D eigenvalue weighted by molar-refractivity contribution is 0.334. The van der Waals surface area contributed by atoms with Gasteiger partial charge in [0.25, 0.3) is 0 Å². The van der Waals surface area contributed by atoms with E-state index in [0.29, 0.717) is 13.2 Å². The molecule has 0 aliphatic carbocycles. The smallest absolute Gasteiger partial charge is 0.237 e. The van der Waals surface area contributed by atoms with E-state index in [1.165, 1.54) is 0 Å². The minimum atomic E-state index is -1.22. The highest BCUT2D eigenvalue weighted by molar-refractivity contribution is 14.2. The molecule has 0 aromatic rings. The van der Waals surface area contributed by atoms with Gasteiger partial charge in [-0.25, -0.2) is 0 Å². The van der Waals surface area contributed by atoms with Crippen molar-refractivity contribution < 1.29 is 9.42 Å². The van der Waals surface area contributed by atoms with Crippen molar-refractivity contribution in [1.29, 1.82) is 0 Å². The molecule has 0 rings (SSSR count). The lowest BCUT2D eigenvalue weighted by Gasteiger charge is -1.98. The van der Waals surface area contributed by atoms with Crippen LogP contribution >= 0.6 is 28.1 Å². The summed E-state index contributed by atoms with van der Waals surface area (Å²) in [6.45, 7) is 0.924. The van der Waals surface area contributed by atoms with Crippen LogP contribution in [0.1, 0.15) is 0 Å². The zero-order valence-electron chi connectivity index (χ0n) is 3.67. The summed E-state index contributed by atoms with van der Waals surface area (Å²) in [5.74, 6) is 0. The minimum Gasteiger partial charge on any atom is -0.342 e. The van der Waals surface area contributed by atoms with Crippen LogP contribution < -0.4 is 5.73 Å². The maximum absolute atomic E-state index is 8.46. The van der Waals surface area contributed by atoms with Gasteiger partial charge in [0.1, 0.15) is 0 Å². The summed E-state index contributed by atoms with van der Waals surface area (Å²) in [4.78, 5) is 8.46. The summed E-state index contributed by atoms with van der Waals surface area (Å²) in [7, 11) is 0. The fourth-order valence-electron chi connectivity index (χ4n) is 0.128. The van der Waals surface area contributed by atoms with E-state index in [1.54, 1.807) is 0 Å². The van der Waals surface area contributed by atoms with E-state index >= 15 is 0 Å². The molecule has 3 N–H and O–H groups in total. The quantitative estimate of drug-likeness (QED) is 0.556. The van der Waals surface area contributed by atoms with Crippen LogP contribution in [0, 0.1) is 0 Å². The first-order valence-electron chi connectivity index (χ1n) is 1.75. The van der Waals surface area contributed by atoms with Gasteiger partial charge in [-0.2, -0.15) is 0 Å². The molecule has 0 saturated carbocycles. The summed E-state index contributed by atoms with van der Waals surface area (Å²) in [6.07, 6.45) is 0. The van der Waals surface area contributed by atoms with Crippen LogP contribution in [-0.4, -0.2) is 18.0 Å². The molecule has 0 aromatic heterocycles. The van der Waals surface area contributed by atoms with Gasteiger partial charge in [0.2, 0.25) is 6.02 Å². The van der Waals surface area contributed by atoms with Crippen LogP contribution in [0.2, 0.25) is 0 Å². The highest BCUT2D eigenvalue weighted by atomic mass is 127. The summed E-state index contributed by atoms with van der Waals surface area (Å²) in [5.41, 5.74) is 5.05. The van der Waals surface area contributed by atoms with E-state index < -0.39 is 6.02 Å². The molecule has 0 aliphatic rings. The van der Waals surface area contributed by atoms with Crippen molar-refractivity contribution in [2.75, 3.05) is 13.2 Å². The van der Waals surface area contributed by atoms with Crippen molar-refractivity contribution in [3.05, 3.63) is 0 Å². The zero-order valence-corrected chi connectivity index (χ0v) is 6.72. The fraction of sp³-hybridized carbons (Fsp3) is 1.00. The lowest BCUT2D eigenvalue weighted by atomic mass is 10.8. The lowest BCUT2D eigenvalue weighted by Crippen LogP contribution is -2.04. The number of hydrogen-bond donors (Lipinski definition) is 2. The molecule has 1 atom stereocenters. The maximum Gasteiger partial charge on any atom is 0.237 e. The van der Waals surface area contributed by atoms with Gasteiger partial charge < -0.3 is 15.2 Å². The molecule has 1 unspecified atom stereocenters. The Balaban J connectivity index is 2.68. The number of nitrogens with two attached hydrogens (primary N) is 1. The van der Waals surface area contributed by atoms with Gasteiger partial charge in [-0.05, 0) is 0 Å². The summed E-state index contributed by atoms with van der Waals surface area (Å²) in [5, 5.41) is 0. The van der Waals surface area contributed by atoms with Gasteiger partial charge in [-0.1, -0.05) is 0 Å². The molecular weight excluding hydrogens is 228 g/mol. The highest BCUT2D eigenvalue weighted by Gasteiger charge is 1.92. The van der Waals surface area contributed by atoms with E-state index in [9.17, 15) is 0 Å². The summed E-state index contributed by atoms with van der Waals surface area (Å²) < 4.78 is 4.67. The molecule has 0 amide bonds. The molecule has 0 fully saturated rings. The maximum atomic E-state index is 8.46. The van der Waals surface area contributed by atoms with Crippen molar-refractivity contribution in [3.8, 4) is 0 Å². The van der Waals surface area contributed by atoms with Gasteiger partial charge in [-0.15, -0.1) is 0 Å². The molecule has 5 heteroatoms. The Labute approximate surface area is 56.6 Å². The van der Waals surface area contributed by atoms with Crippen LogP contribution in [0.15, 0.2) is 0 Å². The first-order chi connectivity index (χ1) is 3.27. The van der Waals surface area contributed by atoms with Crippen LogP contribution in [0.4, 0.5) is 0 Å². The first kappa shape index (κ1) is 8.04. The van der Waals surface area contributed by atoms with E-state index in [4.69, 9.17) is 10.6 Å². The van der Waals surface area contributed by atoms with Crippen molar-refractivity contribution in [2.24, 2.45) is 5.73 Å². The van der Waals surface area contributed by atoms with Crippen LogP contribution in [0.3, 0.4) is 0 Å². The normalized spacial score (nSPS) is 14.1. The van der Waals surface area contributed by atoms with Gasteiger partial charge in [0, 0.05) is 28.6 Å². The molecule has 0 heterocycles. The van der Waals surface area contributed by atoms with E-state index in [0.717, 1.165) is 0 Å². The predicted molar refractivity (Wildman–Crippen MR) is 38.2 cm³/mol. The van der Waals surface area contributed by atoms with Crippen molar-refractivity contribution in [1.82, 2.24) is 0 Å².